The number of likely N-dealkylation sites (tertiary alicyclic amines) is 1. The van der Waals surface area contributed by atoms with E-state index >= 15 is 0 Å². The van der Waals surface area contributed by atoms with Crippen LogP contribution in [0.15, 0.2) is 0 Å². The minimum atomic E-state index is -1.52. The molecule has 1 amide bonds. The van der Waals surface area contributed by atoms with Crippen LogP contribution in [0, 0.1) is 28.6 Å². The summed E-state index contributed by atoms with van der Waals surface area (Å²) in [5, 5.41) is 49.4. The first-order valence-electron chi connectivity index (χ1n) is 15.4. The standard InChI is InChI=1S/C16H25BCl2N2O3.C13H20O4/c18-15-5-10-4-14(7-15,8-16(19,6-10)9-15)12(20)13(22)21-3-1-2-11(21)17(23)24;1-8(10(14)15)11-2-9-3-12(16,5-11)7-13(17,4-9)6-11/h10-12,23-24H,1-9,20H2;8-9,16-17H,2-7H2,1H3,(H,14,15)/t10?,11-,12+,14?,15?,16?;8-,9?,11?,12?,13?/m01/s1. The van der Waals surface area contributed by atoms with Crippen molar-refractivity contribution in [2.45, 2.75) is 130 Å². The second-order valence-electron chi connectivity index (χ2n) is 15.7. The molecule has 7 N–H and O–H groups in total. The Morgan fingerprint density at radius 2 is 1.39 bits per heavy atom. The average molecular weight is 615 g/mol. The van der Waals surface area contributed by atoms with Gasteiger partial charge in [-0.3, -0.25) is 9.59 Å². The minimum Gasteiger partial charge on any atom is -0.481 e. The topological polar surface area (TPSA) is 165 Å². The Balaban J connectivity index is 0.000000156. The Kier molecular flexibility index (Phi) is 7.19. The highest BCUT2D eigenvalue weighted by Gasteiger charge is 2.66. The summed E-state index contributed by atoms with van der Waals surface area (Å²) in [7, 11) is -1.52. The summed E-state index contributed by atoms with van der Waals surface area (Å²) in [5.41, 5.74) is 4.11. The van der Waals surface area contributed by atoms with Gasteiger partial charge in [-0.25, -0.2) is 0 Å². The number of amides is 1. The van der Waals surface area contributed by atoms with Gasteiger partial charge in [-0.15, -0.1) is 23.2 Å². The molecule has 230 valence electrons. The zero-order valence-electron chi connectivity index (χ0n) is 23.9. The van der Waals surface area contributed by atoms with Crippen molar-refractivity contribution < 1.29 is 35.0 Å². The normalized spacial score (nSPS) is 50.3. The average Bonchev–Trinajstić information content (AvgIpc) is 3.29. The van der Waals surface area contributed by atoms with E-state index in [1.165, 1.54) is 0 Å². The van der Waals surface area contributed by atoms with Gasteiger partial charge in [0.25, 0.3) is 0 Å². The molecular weight excluding hydrogens is 570 g/mol. The molecule has 0 radical (unpaired) electrons. The van der Waals surface area contributed by atoms with Gasteiger partial charge in [0.05, 0.1) is 29.1 Å². The SMILES string of the molecule is C[C@H](C(=O)O)C12CC3CC(O)(CC(O)(C3)C1)C2.N[C@H](C(=O)N1CCC[C@H]1B(O)O)C12CC3CC(Cl)(CC(Cl)(C3)C1)C2. The van der Waals surface area contributed by atoms with Crippen LogP contribution in [0.5, 0.6) is 0 Å². The molecule has 8 saturated carbocycles. The summed E-state index contributed by atoms with van der Waals surface area (Å²) in [6.45, 7) is 2.26. The van der Waals surface area contributed by atoms with E-state index in [4.69, 9.17) is 28.9 Å². The molecule has 9 rings (SSSR count). The maximum absolute atomic E-state index is 13.1. The Morgan fingerprint density at radius 1 is 0.854 bits per heavy atom. The number of alkyl halides is 2. The molecular formula is C29H45BCl2N2O7. The van der Waals surface area contributed by atoms with Gasteiger partial charge in [-0.05, 0) is 106 Å². The minimum absolute atomic E-state index is 0.173. The van der Waals surface area contributed by atoms with Crippen LogP contribution in [0.1, 0.15) is 96.8 Å². The third-order valence-electron chi connectivity index (χ3n) is 12.2. The first-order valence-corrected chi connectivity index (χ1v) is 16.1. The lowest BCUT2D eigenvalue weighted by Gasteiger charge is -2.64. The Labute approximate surface area is 252 Å². The first-order chi connectivity index (χ1) is 18.9. The van der Waals surface area contributed by atoms with Gasteiger partial charge in [0.1, 0.15) is 0 Å². The molecule has 8 aliphatic carbocycles. The third kappa shape index (κ3) is 5.15. The number of carbonyl (C=O) groups excluding carboxylic acids is 1. The fraction of sp³-hybridized carbons (Fsp3) is 0.931. The van der Waals surface area contributed by atoms with Gasteiger partial charge in [0.15, 0.2) is 0 Å². The third-order valence-corrected chi connectivity index (χ3v) is 13.0. The van der Waals surface area contributed by atoms with Crippen LogP contribution in [0.4, 0.5) is 0 Å². The van der Waals surface area contributed by atoms with Crippen molar-refractivity contribution in [2.75, 3.05) is 6.54 Å². The van der Waals surface area contributed by atoms with Crippen molar-refractivity contribution in [3.8, 4) is 0 Å². The van der Waals surface area contributed by atoms with Crippen LogP contribution in [-0.4, -0.2) is 88.7 Å². The van der Waals surface area contributed by atoms with Crippen LogP contribution in [0.3, 0.4) is 0 Å². The Hall–Kier alpha value is -0.615. The first kappa shape index (κ1) is 30.4. The highest BCUT2D eigenvalue weighted by atomic mass is 35.5. The number of aliphatic carboxylic acids is 1. The molecule has 1 aliphatic heterocycles. The molecule has 1 saturated heterocycles. The summed E-state index contributed by atoms with van der Waals surface area (Å²) in [6.07, 6.45) is 10.3. The van der Waals surface area contributed by atoms with Crippen LogP contribution < -0.4 is 5.73 Å². The second-order valence-corrected chi connectivity index (χ2v) is 17.3. The van der Waals surface area contributed by atoms with E-state index < -0.39 is 47.6 Å². The van der Waals surface area contributed by atoms with E-state index in [-0.39, 0.29) is 21.1 Å². The molecule has 7 atom stereocenters. The molecule has 8 bridgehead atoms. The lowest BCUT2D eigenvalue weighted by atomic mass is 9.44. The van der Waals surface area contributed by atoms with E-state index in [2.05, 4.69) is 0 Å². The van der Waals surface area contributed by atoms with Crippen molar-refractivity contribution >= 4 is 42.2 Å². The van der Waals surface area contributed by atoms with Crippen molar-refractivity contribution in [1.82, 2.24) is 4.90 Å². The molecule has 0 aromatic rings. The van der Waals surface area contributed by atoms with E-state index in [1.807, 2.05) is 0 Å². The lowest BCUT2D eigenvalue weighted by Crippen LogP contribution is -2.67. The summed E-state index contributed by atoms with van der Waals surface area (Å²) < 4.78 is 0. The largest absolute Gasteiger partial charge is 0.481 e. The number of nitrogens with zero attached hydrogens (tertiary/aromatic N) is 1. The molecule has 0 aromatic carbocycles. The summed E-state index contributed by atoms with van der Waals surface area (Å²) in [6, 6.07) is -0.670. The molecule has 9 nitrogen and oxygen atoms in total. The van der Waals surface area contributed by atoms with Gasteiger partial charge in [0, 0.05) is 22.7 Å². The number of hydrogen-bond donors (Lipinski definition) is 6. The molecule has 9 fully saturated rings. The molecule has 41 heavy (non-hydrogen) atoms. The van der Waals surface area contributed by atoms with Gasteiger partial charge in [-0.1, -0.05) is 6.92 Å². The van der Waals surface area contributed by atoms with Crippen molar-refractivity contribution in [3.63, 3.8) is 0 Å². The number of aliphatic hydroxyl groups is 2. The summed E-state index contributed by atoms with van der Waals surface area (Å²) >= 11 is 13.7. The molecule has 9 aliphatic rings. The highest BCUT2D eigenvalue weighted by Crippen LogP contribution is 2.68. The van der Waals surface area contributed by atoms with Crippen molar-refractivity contribution in [2.24, 2.45) is 34.3 Å². The number of hydrogen-bond acceptors (Lipinski definition) is 7. The zero-order chi connectivity index (χ0) is 29.8. The Bertz CT molecular complexity index is 1080. The Morgan fingerprint density at radius 3 is 1.88 bits per heavy atom. The van der Waals surface area contributed by atoms with E-state index in [0.717, 1.165) is 64.2 Å². The van der Waals surface area contributed by atoms with E-state index in [9.17, 15) is 35.0 Å². The molecule has 0 spiro atoms. The quantitative estimate of drug-likeness (QED) is 0.203. The van der Waals surface area contributed by atoms with Gasteiger partial charge in [0.2, 0.25) is 5.91 Å². The number of carbonyl (C=O) groups is 2. The zero-order valence-corrected chi connectivity index (χ0v) is 25.4. The van der Waals surface area contributed by atoms with E-state index in [1.54, 1.807) is 11.8 Å². The number of rotatable bonds is 5. The highest BCUT2D eigenvalue weighted by molar-refractivity contribution is 6.43. The molecule has 4 unspecified atom stereocenters. The van der Waals surface area contributed by atoms with Crippen LogP contribution in [0.2, 0.25) is 0 Å². The van der Waals surface area contributed by atoms with E-state index in [0.29, 0.717) is 44.1 Å². The molecule has 12 heteroatoms. The van der Waals surface area contributed by atoms with Gasteiger partial charge < -0.3 is 36.0 Å². The number of nitrogens with two attached hydrogens (primary N) is 1. The van der Waals surface area contributed by atoms with Crippen molar-refractivity contribution in [1.29, 1.82) is 0 Å². The number of carboxylic acids is 1. The van der Waals surface area contributed by atoms with Gasteiger partial charge >= 0.3 is 13.1 Å². The summed E-state index contributed by atoms with van der Waals surface area (Å²) in [5.74, 6) is -1.28. The van der Waals surface area contributed by atoms with Crippen LogP contribution in [0.25, 0.3) is 0 Å². The van der Waals surface area contributed by atoms with Crippen LogP contribution in [-0.2, 0) is 9.59 Å². The summed E-state index contributed by atoms with van der Waals surface area (Å²) in [4.78, 5) is 25.2. The van der Waals surface area contributed by atoms with Gasteiger partial charge in [-0.2, -0.15) is 0 Å². The predicted octanol–water partition coefficient (Wildman–Crippen LogP) is 2.41. The smallest absolute Gasteiger partial charge is 0.475 e. The maximum atomic E-state index is 13.1. The predicted molar refractivity (Wildman–Crippen MR) is 154 cm³/mol. The fourth-order valence-electron chi connectivity index (χ4n) is 11.6. The monoisotopic (exact) mass is 614 g/mol. The number of carboxylic acid groups (broad SMARTS) is 1. The maximum Gasteiger partial charge on any atom is 0.475 e. The molecule has 1 heterocycles. The lowest BCUT2D eigenvalue weighted by molar-refractivity contribution is -0.241. The second kappa shape index (κ2) is 9.69. The number of halogens is 2. The van der Waals surface area contributed by atoms with Crippen molar-refractivity contribution in [3.05, 3.63) is 0 Å². The molecule has 0 aromatic heterocycles. The fourth-order valence-corrected chi connectivity index (χ4v) is 13.1. The van der Waals surface area contributed by atoms with Crippen LogP contribution >= 0.6 is 23.2 Å².